The number of para-hydroxylation sites is 2. The molecule has 0 spiro atoms. The zero-order chi connectivity index (χ0) is 51.8. The Labute approximate surface area is 420 Å². The molecule has 8 aromatic rings. The molecule has 0 saturated carbocycles. The van der Waals surface area contributed by atoms with Gasteiger partial charge in [0.25, 0.3) is 0 Å². The third-order valence-electron chi connectivity index (χ3n) is 9.94. The Bertz CT molecular complexity index is 2650. The molecule has 0 radical (unpaired) electrons. The molecular weight excluding hydrogens is 863 g/mol. The van der Waals surface area contributed by atoms with E-state index >= 15 is 0 Å². The van der Waals surface area contributed by atoms with Gasteiger partial charge in [-0.3, -0.25) is 9.97 Å². The summed E-state index contributed by atoms with van der Waals surface area (Å²) < 4.78 is 9.40. The molecule has 0 atom stereocenters. The minimum absolute atomic E-state index is 0.217. The fourth-order valence-corrected chi connectivity index (χ4v) is 7.12. The number of aryl methyl sites for hydroxylation is 2. The van der Waals surface area contributed by atoms with Gasteiger partial charge in [0.05, 0.1) is 11.4 Å². The monoisotopic (exact) mass is 946 g/mol. The summed E-state index contributed by atoms with van der Waals surface area (Å²) in [5, 5.41) is 8.83. The van der Waals surface area contributed by atoms with Crippen LogP contribution in [-0.2, 0) is 32.1 Å². The van der Waals surface area contributed by atoms with Crippen LogP contribution in [0.5, 0.6) is 0 Å². The van der Waals surface area contributed by atoms with Crippen LogP contribution in [0.1, 0.15) is 144 Å². The third-order valence-corrected chi connectivity index (χ3v) is 9.94. The molecule has 10 nitrogen and oxygen atoms in total. The number of aromatic nitrogens is 9. The minimum atomic E-state index is 0.217. The SMILES string of the molecule is CC(C)(C)Cc1ccccn1.CC(C)(C)Cc1ccccn1.CC(C)(C)Cc1nc2ccccc2o1.Cc1cccc(-n2cnc(CC(C)(C)C)n2)c1.Cc1cccc(-n2ncnc2CC(C)(C)C)c1. The number of rotatable bonds is 7. The van der Waals surface area contributed by atoms with Crippen LogP contribution in [-0.4, -0.2) is 44.5 Å². The lowest BCUT2D eigenvalue weighted by molar-refractivity contribution is 0.361. The molecule has 70 heavy (non-hydrogen) atoms. The molecule has 0 unspecified atom stereocenters. The zero-order valence-electron chi connectivity index (χ0n) is 45.7. The average molecular weight is 946 g/mol. The summed E-state index contributed by atoms with van der Waals surface area (Å²) in [4.78, 5) is 21.7. The van der Waals surface area contributed by atoms with Gasteiger partial charge >= 0.3 is 0 Å². The van der Waals surface area contributed by atoms with Crippen molar-refractivity contribution < 1.29 is 4.42 Å². The number of hydrogen-bond acceptors (Lipinski definition) is 8. The highest BCUT2D eigenvalue weighted by molar-refractivity contribution is 5.72. The molecule has 3 aromatic carbocycles. The minimum Gasteiger partial charge on any atom is -0.441 e. The zero-order valence-corrected chi connectivity index (χ0v) is 45.7. The molecule has 0 N–H and O–H groups in total. The number of benzene rings is 3. The number of oxazole rings is 1. The first-order valence-corrected chi connectivity index (χ1v) is 24.7. The van der Waals surface area contributed by atoms with Crippen molar-refractivity contribution in [3.63, 3.8) is 0 Å². The summed E-state index contributed by atoms with van der Waals surface area (Å²) in [6.45, 7) is 37.3. The van der Waals surface area contributed by atoms with Crippen LogP contribution in [0.15, 0.2) is 139 Å². The fourth-order valence-electron chi connectivity index (χ4n) is 7.12. The number of pyridine rings is 2. The number of hydrogen-bond donors (Lipinski definition) is 0. The van der Waals surface area contributed by atoms with Gasteiger partial charge in [0.15, 0.2) is 17.3 Å². The molecule has 0 aliphatic carbocycles. The van der Waals surface area contributed by atoms with Crippen molar-refractivity contribution in [3.05, 3.63) is 174 Å². The molecule has 0 aliphatic rings. The van der Waals surface area contributed by atoms with Crippen molar-refractivity contribution in [1.29, 1.82) is 0 Å². The van der Waals surface area contributed by atoms with Gasteiger partial charge in [-0.25, -0.2) is 24.3 Å². The Morgan fingerprint density at radius 1 is 0.471 bits per heavy atom. The summed E-state index contributed by atoms with van der Waals surface area (Å²) in [5.41, 5.74) is 10.2. The van der Waals surface area contributed by atoms with Gasteiger partial charge in [-0.2, -0.15) is 10.2 Å². The van der Waals surface area contributed by atoms with Gasteiger partial charge in [-0.05, 0) is 126 Å². The van der Waals surface area contributed by atoms with Crippen LogP contribution >= 0.6 is 0 Å². The topological polar surface area (TPSA) is 113 Å². The van der Waals surface area contributed by atoms with Crippen molar-refractivity contribution >= 4 is 11.1 Å². The molecule has 374 valence electrons. The van der Waals surface area contributed by atoms with Crippen LogP contribution in [0, 0.1) is 40.9 Å². The molecule has 0 saturated heterocycles. The lowest BCUT2D eigenvalue weighted by Crippen LogP contribution is -2.14. The largest absolute Gasteiger partial charge is 0.441 e. The summed E-state index contributed by atoms with van der Waals surface area (Å²) >= 11 is 0. The Morgan fingerprint density at radius 3 is 1.46 bits per heavy atom. The Morgan fingerprint density at radius 2 is 0.971 bits per heavy atom. The second-order valence-corrected chi connectivity index (χ2v) is 24.3. The fraction of sp³-hybridized carbons (Fsp3) is 0.450. The maximum absolute atomic E-state index is 5.63. The molecule has 5 heterocycles. The first-order chi connectivity index (χ1) is 32.6. The maximum Gasteiger partial charge on any atom is 0.195 e. The van der Waals surface area contributed by atoms with Crippen LogP contribution < -0.4 is 0 Å². The molecular formula is C60H83N9O. The van der Waals surface area contributed by atoms with E-state index in [-0.39, 0.29) is 16.2 Å². The third kappa shape index (κ3) is 22.4. The second kappa shape index (κ2) is 25.0. The van der Waals surface area contributed by atoms with E-state index in [0.717, 1.165) is 72.1 Å². The van der Waals surface area contributed by atoms with Crippen LogP contribution in [0.2, 0.25) is 0 Å². The lowest BCUT2D eigenvalue weighted by atomic mass is 9.90. The maximum atomic E-state index is 5.63. The quantitative estimate of drug-likeness (QED) is 0.155. The van der Waals surface area contributed by atoms with Crippen LogP contribution in [0.25, 0.3) is 22.5 Å². The van der Waals surface area contributed by atoms with E-state index in [1.54, 1.807) is 12.7 Å². The summed E-state index contributed by atoms with van der Waals surface area (Å²) in [7, 11) is 0. The van der Waals surface area contributed by atoms with E-state index in [2.05, 4.69) is 195 Å². The van der Waals surface area contributed by atoms with E-state index in [0.29, 0.717) is 10.8 Å². The Hall–Kier alpha value is -6.29. The van der Waals surface area contributed by atoms with E-state index < -0.39 is 0 Å². The molecule has 0 bridgehead atoms. The molecule has 0 fully saturated rings. The first-order valence-electron chi connectivity index (χ1n) is 24.7. The van der Waals surface area contributed by atoms with Gasteiger partial charge in [0.2, 0.25) is 0 Å². The smallest absolute Gasteiger partial charge is 0.195 e. The Kier molecular flexibility index (Phi) is 20.1. The number of fused-ring (bicyclic) bond motifs is 1. The van der Waals surface area contributed by atoms with Crippen LogP contribution in [0.4, 0.5) is 0 Å². The second-order valence-electron chi connectivity index (χ2n) is 24.3. The molecule has 10 heteroatoms. The van der Waals surface area contributed by atoms with Crippen molar-refractivity contribution in [2.24, 2.45) is 27.1 Å². The van der Waals surface area contributed by atoms with Crippen molar-refractivity contribution in [1.82, 2.24) is 44.5 Å². The van der Waals surface area contributed by atoms with Crippen molar-refractivity contribution in [2.75, 3.05) is 0 Å². The lowest BCUT2D eigenvalue weighted by Gasteiger charge is -2.17. The van der Waals surface area contributed by atoms with Crippen molar-refractivity contribution in [3.8, 4) is 11.4 Å². The standard InChI is InChI=1S/2C14H19N3.C12H15NO.2C10H15N/c1-11-6-5-7-12(8-11)17-10-15-13(16-17)9-14(2,3)4;1-11-6-5-7-12(8-11)17-13(15-10-16-17)9-14(2,3)4;1-12(2,3)8-11-13-9-6-4-5-7-10(9)14-11;2*1-10(2,3)8-9-6-4-5-7-11-9/h2*5-8,10H,9H2,1-4H3;4-7H,8H2,1-3H3;2*4-7H,8H2,1-3H3. The van der Waals surface area contributed by atoms with Crippen molar-refractivity contribution in [2.45, 2.75) is 150 Å². The predicted octanol–water partition coefficient (Wildman–Crippen LogP) is 15.1. The van der Waals surface area contributed by atoms with E-state index in [4.69, 9.17) is 4.42 Å². The predicted molar refractivity (Wildman–Crippen MR) is 290 cm³/mol. The highest BCUT2D eigenvalue weighted by Crippen LogP contribution is 2.25. The summed E-state index contributed by atoms with van der Waals surface area (Å²) in [6.07, 6.45) is 11.9. The van der Waals surface area contributed by atoms with E-state index in [9.17, 15) is 0 Å². The van der Waals surface area contributed by atoms with Crippen LogP contribution in [0.3, 0.4) is 0 Å². The summed E-state index contributed by atoms with van der Waals surface area (Å²) in [6, 6.07) is 36.6. The van der Waals surface area contributed by atoms with E-state index in [1.807, 2.05) is 88.5 Å². The normalized spacial score (nSPS) is 11.8. The molecule has 0 amide bonds. The Balaban J connectivity index is 0.000000193. The molecule has 8 rings (SSSR count). The van der Waals surface area contributed by atoms with Gasteiger partial charge in [-0.15, -0.1) is 0 Å². The average Bonchev–Trinajstić information content (AvgIpc) is 4.00. The van der Waals surface area contributed by atoms with E-state index in [1.165, 1.54) is 22.5 Å². The van der Waals surface area contributed by atoms with Gasteiger partial charge in [0, 0.05) is 43.0 Å². The summed E-state index contributed by atoms with van der Waals surface area (Å²) in [5.74, 6) is 2.75. The highest BCUT2D eigenvalue weighted by Gasteiger charge is 2.18. The highest BCUT2D eigenvalue weighted by atomic mass is 16.3. The van der Waals surface area contributed by atoms with Gasteiger partial charge in [0.1, 0.15) is 24.0 Å². The number of nitrogens with zero attached hydrogens (tertiary/aromatic N) is 9. The van der Waals surface area contributed by atoms with Gasteiger partial charge < -0.3 is 4.42 Å². The van der Waals surface area contributed by atoms with Gasteiger partial charge in [-0.1, -0.05) is 152 Å². The molecule has 5 aromatic heterocycles. The molecule has 0 aliphatic heterocycles. The first kappa shape index (κ1) is 56.3.